The molecule has 1 unspecified atom stereocenters. The molecule has 2 nitrogen and oxygen atoms in total. The highest BCUT2D eigenvalue weighted by Crippen LogP contribution is 2.23. The van der Waals surface area contributed by atoms with Gasteiger partial charge in [-0.1, -0.05) is 19.1 Å². The van der Waals surface area contributed by atoms with Crippen LogP contribution in [0, 0.1) is 0 Å². The van der Waals surface area contributed by atoms with Crippen molar-refractivity contribution in [3.05, 3.63) is 29.8 Å². The van der Waals surface area contributed by atoms with Crippen LogP contribution in [0.25, 0.3) is 0 Å². The van der Waals surface area contributed by atoms with Crippen LogP contribution in [0.2, 0.25) is 0 Å². The van der Waals surface area contributed by atoms with Crippen LogP contribution in [0.15, 0.2) is 24.3 Å². The van der Waals surface area contributed by atoms with Gasteiger partial charge >= 0.3 is 0 Å². The smallest absolute Gasteiger partial charge is 0.222 e. The minimum atomic E-state index is -0.305. The molecule has 1 atom stereocenters. The number of ether oxygens (including phenoxy) is 1. The zero-order chi connectivity index (χ0) is 10.6. The molecule has 0 aliphatic rings. The molecule has 1 rings (SSSR count). The molecule has 1 aromatic carbocycles. The fourth-order valence-corrected chi connectivity index (χ4v) is 1.54. The molecule has 0 saturated heterocycles. The number of hydrogen-bond donors (Lipinski definition) is 0. The molecule has 0 aliphatic heterocycles. The minimum absolute atomic E-state index is 0.134. The van der Waals surface area contributed by atoms with Crippen LogP contribution < -0.4 is 4.74 Å². The lowest BCUT2D eigenvalue weighted by Crippen LogP contribution is -1.98. The van der Waals surface area contributed by atoms with Crippen LogP contribution in [-0.2, 0) is 4.79 Å². The number of hydrogen-bond acceptors (Lipinski definition) is 2. The molecule has 76 valence electrons. The van der Waals surface area contributed by atoms with Crippen molar-refractivity contribution >= 4 is 16.8 Å². The first-order valence-corrected chi connectivity index (χ1v) is 4.83. The molecule has 0 heterocycles. The second-order valence-electron chi connectivity index (χ2n) is 3.24. The van der Waals surface area contributed by atoms with E-state index in [1.807, 2.05) is 31.2 Å². The second-order valence-corrected chi connectivity index (χ2v) is 3.66. The molecule has 0 aromatic heterocycles. The number of halogens is 1. The lowest BCUT2D eigenvalue weighted by atomic mass is 9.98. The van der Waals surface area contributed by atoms with Gasteiger partial charge in [0.05, 0.1) is 7.11 Å². The fourth-order valence-electron chi connectivity index (χ4n) is 1.31. The summed E-state index contributed by atoms with van der Waals surface area (Å²) in [4.78, 5) is 10.7. The predicted molar refractivity (Wildman–Crippen MR) is 56.9 cm³/mol. The van der Waals surface area contributed by atoms with E-state index >= 15 is 0 Å². The summed E-state index contributed by atoms with van der Waals surface area (Å²) >= 11 is 5.33. The largest absolute Gasteiger partial charge is 0.497 e. The summed E-state index contributed by atoms with van der Waals surface area (Å²) in [5, 5.41) is -0.305. The van der Waals surface area contributed by atoms with Gasteiger partial charge in [-0.25, -0.2) is 0 Å². The topological polar surface area (TPSA) is 26.3 Å². The van der Waals surface area contributed by atoms with Gasteiger partial charge in [0, 0.05) is 6.42 Å². The molecule has 0 aliphatic carbocycles. The summed E-state index contributed by atoms with van der Waals surface area (Å²) in [6, 6.07) is 7.67. The van der Waals surface area contributed by atoms with Gasteiger partial charge in [0.25, 0.3) is 0 Å². The molecule has 0 bridgehead atoms. The first kappa shape index (κ1) is 11.1. The van der Waals surface area contributed by atoms with E-state index in [1.165, 1.54) is 0 Å². The Labute approximate surface area is 88.8 Å². The monoisotopic (exact) mass is 212 g/mol. The molecule has 0 fully saturated rings. The highest BCUT2D eigenvalue weighted by atomic mass is 35.5. The van der Waals surface area contributed by atoms with Crippen molar-refractivity contribution < 1.29 is 9.53 Å². The number of carbonyl (C=O) groups excluding carboxylic acids is 1. The summed E-state index contributed by atoms with van der Waals surface area (Å²) < 4.78 is 5.09. The van der Waals surface area contributed by atoms with Gasteiger partial charge in [0.2, 0.25) is 5.24 Å². The number of methoxy groups -OCH3 is 1. The maximum absolute atomic E-state index is 10.7. The second kappa shape index (κ2) is 5.01. The third kappa shape index (κ3) is 3.04. The van der Waals surface area contributed by atoms with Crippen molar-refractivity contribution in [1.82, 2.24) is 0 Å². The maximum Gasteiger partial charge on any atom is 0.222 e. The molecule has 0 N–H and O–H groups in total. The Balaban J connectivity index is 2.78. The van der Waals surface area contributed by atoms with E-state index in [0.717, 1.165) is 11.3 Å². The van der Waals surface area contributed by atoms with E-state index in [9.17, 15) is 4.79 Å². The molecule has 14 heavy (non-hydrogen) atoms. The Hall–Kier alpha value is -1.02. The number of carbonyl (C=O) groups is 1. The van der Waals surface area contributed by atoms with Crippen LogP contribution >= 0.6 is 11.6 Å². The molecule has 0 spiro atoms. The van der Waals surface area contributed by atoms with Crippen molar-refractivity contribution in [2.75, 3.05) is 7.11 Å². The van der Waals surface area contributed by atoms with Gasteiger partial charge in [-0.3, -0.25) is 4.79 Å². The highest BCUT2D eigenvalue weighted by Gasteiger charge is 2.09. The summed E-state index contributed by atoms with van der Waals surface area (Å²) in [6.45, 7) is 1.97. The van der Waals surface area contributed by atoms with E-state index in [1.54, 1.807) is 7.11 Å². The molecule has 0 amide bonds. The Morgan fingerprint density at radius 1 is 1.57 bits per heavy atom. The van der Waals surface area contributed by atoms with Crippen LogP contribution in [0.5, 0.6) is 5.75 Å². The van der Waals surface area contributed by atoms with E-state index < -0.39 is 0 Å². The zero-order valence-electron chi connectivity index (χ0n) is 8.29. The van der Waals surface area contributed by atoms with Crippen molar-refractivity contribution in [3.63, 3.8) is 0 Å². The maximum atomic E-state index is 10.7. The van der Waals surface area contributed by atoms with Gasteiger partial charge < -0.3 is 4.74 Å². The Morgan fingerprint density at radius 3 is 2.86 bits per heavy atom. The average Bonchev–Trinajstić information content (AvgIpc) is 2.17. The van der Waals surface area contributed by atoms with Crippen LogP contribution in [0.3, 0.4) is 0 Å². The standard InChI is InChI=1S/C11H13ClO2/c1-8(6-11(12)13)9-4-3-5-10(7-9)14-2/h3-5,7-8H,6H2,1-2H3. The SMILES string of the molecule is COc1cccc(C(C)CC(=O)Cl)c1. The van der Waals surface area contributed by atoms with E-state index in [0.29, 0.717) is 6.42 Å². The van der Waals surface area contributed by atoms with Crippen LogP contribution in [0.4, 0.5) is 0 Å². The molecular weight excluding hydrogens is 200 g/mol. The quantitative estimate of drug-likeness (QED) is 0.718. The Kier molecular flexibility index (Phi) is 3.96. The third-order valence-electron chi connectivity index (χ3n) is 2.13. The highest BCUT2D eigenvalue weighted by molar-refractivity contribution is 6.63. The van der Waals surface area contributed by atoms with Gasteiger partial charge in [-0.15, -0.1) is 0 Å². The summed E-state index contributed by atoms with van der Waals surface area (Å²) in [6.07, 6.45) is 0.356. The zero-order valence-corrected chi connectivity index (χ0v) is 9.04. The first-order valence-electron chi connectivity index (χ1n) is 4.45. The van der Waals surface area contributed by atoms with Gasteiger partial charge in [0.1, 0.15) is 5.75 Å². The van der Waals surface area contributed by atoms with Crippen molar-refractivity contribution in [1.29, 1.82) is 0 Å². The van der Waals surface area contributed by atoms with Gasteiger partial charge in [0.15, 0.2) is 0 Å². The molecule has 1 aromatic rings. The number of rotatable bonds is 4. The number of benzene rings is 1. The average molecular weight is 213 g/mol. The van der Waals surface area contributed by atoms with Gasteiger partial charge in [-0.2, -0.15) is 0 Å². The summed E-state index contributed by atoms with van der Waals surface area (Å²) in [5.74, 6) is 0.937. The van der Waals surface area contributed by atoms with Crippen molar-refractivity contribution in [3.8, 4) is 5.75 Å². The van der Waals surface area contributed by atoms with Gasteiger partial charge in [-0.05, 0) is 35.2 Å². The van der Waals surface area contributed by atoms with Crippen molar-refractivity contribution in [2.45, 2.75) is 19.3 Å². The lowest BCUT2D eigenvalue weighted by molar-refractivity contribution is -0.111. The van der Waals surface area contributed by atoms with E-state index in [2.05, 4.69) is 0 Å². The minimum Gasteiger partial charge on any atom is -0.497 e. The lowest BCUT2D eigenvalue weighted by Gasteiger charge is -2.10. The molecule has 0 radical (unpaired) electrons. The summed E-state index contributed by atoms with van der Waals surface area (Å²) in [7, 11) is 1.62. The van der Waals surface area contributed by atoms with E-state index in [4.69, 9.17) is 16.3 Å². The van der Waals surface area contributed by atoms with E-state index in [-0.39, 0.29) is 11.2 Å². The van der Waals surface area contributed by atoms with Crippen molar-refractivity contribution in [2.24, 2.45) is 0 Å². The fraction of sp³-hybridized carbons (Fsp3) is 0.364. The Bertz CT molecular complexity index is 323. The molecule has 3 heteroatoms. The Morgan fingerprint density at radius 2 is 2.29 bits per heavy atom. The normalized spacial score (nSPS) is 12.2. The summed E-state index contributed by atoms with van der Waals surface area (Å²) in [5.41, 5.74) is 1.07. The van der Waals surface area contributed by atoms with Crippen LogP contribution in [-0.4, -0.2) is 12.4 Å². The molecule has 0 saturated carbocycles. The van der Waals surface area contributed by atoms with Crippen LogP contribution in [0.1, 0.15) is 24.8 Å². The third-order valence-corrected chi connectivity index (χ3v) is 2.28. The predicted octanol–water partition coefficient (Wildman–Crippen LogP) is 2.95. The first-order chi connectivity index (χ1) is 6.63. The molecular formula is C11H13ClO2.